The van der Waals surface area contributed by atoms with Gasteiger partial charge in [0.05, 0.1) is 0 Å². The first-order valence-corrected chi connectivity index (χ1v) is 6.38. The molecule has 0 aromatic heterocycles. The molecule has 1 aliphatic carbocycles. The standard InChI is InChI=1S/C15H26O/c1-11-7-8-13(15(11,5)6)9-10-14(3,4)12(2)16/h9-11,13H,7-8H2,1-6H3/b10-9+. The molecule has 0 aliphatic heterocycles. The average Bonchev–Trinajstić information content (AvgIpc) is 2.39. The molecule has 0 saturated heterocycles. The molecule has 0 radical (unpaired) electrons. The lowest BCUT2D eigenvalue weighted by atomic mass is 9.75. The summed E-state index contributed by atoms with van der Waals surface area (Å²) in [5, 5.41) is 0. The molecular formula is C15H26O. The Morgan fingerprint density at radius 3 is 2.25 bits per heavy atom. The molecule has 1 heteroatoms. The maximum absolute atomic E-state index is 11.4. The van der Waals surface area contributed by atoms with Crippen LogP contribution in [0.15, 0.2) is 12.2 Å². The molecular weight excluding hydrogens is 196 g/mol. The largest absolute Gasteiger partial charge is 0.299 e. The first-order chi connectivity index (χ1) is 7.18. The molecule has 0 aromatic carbocycles. The molecule has 1 nitrogen and oxygen atoms in total. The van der Waals surface area contributed by atoms with Crippen molar-refractivity contribution in [2.45, 2.75) is 54.4 Å². The maximum atomic E-state index is 11.4. The van der Waals surface area contributed by atoms with Crippen LogP contribution in [-0.4, -0.2) is 5.78 Å². The molecule has 1 fully saturated rings. The van der Waals surface area contributed by atoms with Crippen LogP contribution in [0.4, 0.5) is 0 Å². The number of carbonyl (C=O) groups is 1. The molecule has 16 heavy (non-hydrogen) atoms. The zero-order valence-corrected chi connectivity index (χ0v) is 11.6. The lowest BCUT2D eigenvalue weighted by Crippen LogP contribution is -2.23. The molecule has 2 unspecified atom stereocenters. The molecule has 0 amide bonds. The third kappa shape index (κ3) is 2.56. The van der Waals surface area contributed by atoms with Gasteiger partial charge in [0.2, 0.25) is 0 Å². The van der Waals surface area contributed by atoms with Crippen LogP contribution in [0.1, 0.15) is 54.4 Å². The van der Waals surface area contributed by atoms with E-state index in [1.807, 2.05) is 13.8 Å². The number of hydrogen-bond acceptors (Lipinski definition) is 1. The van der Waals surface area contributed by atoms with Gasteiger partial charge in [0.15, 0.2) is 0 Å². The first kappa shape index (κ1) is 13.5. The van der Waals surface area contributed by atoms with Gasteiger partial charge >= 0.3 is 0 Å². The third-order valence-corrected chi connectivity index (χ3v) is 4.79. The van der Waals surface area contributed by atoms with E-state index < -0.39 is 0 Å². The van der Waals surface area contributed by atoms with Crippen molar-refractivity contribution >= 4 is 5.78 Å². The highest BCUT2D eigenvalue weighted by molar-refractivity contribution is 5.83. The van der Waals surface area contributed by atoms with E-state index >= 15 is 0 Å². The fourth-order valence-electron chi connectivity index (χ4n) is 2.36. The number of hydrogen-bond donors (Lipinski definition) is 0. The number of Topliss-reactive ketones (excluding diaryl/α,β-unsaturated/α-hetero) is 1. The summed E-state index contributed by atoms with van der Waals surface area (Å²) in [5.41, 5.74) is 0.0747. The summed E-state index contributed by atoms with van der Waals surface area (Å²) >= 11 is 0. The van der Waals surface area contributed by atoms with Gasteiger partial charge in [0, 0.05) is 5.41 Å². The lowest BCUT2D eigenvalue weighted by molar-refractivity contribution is -0.122. The zero-order valence-electron chi connectivity index (χ0n) is 11.6. The summed E-state index contributed by atoms with van der Waals surface area (Å²) in [6.07, 6.45) is 6.96. The Balaban J connectivity index is 2.76. The lowest BCUT2D eigenvalue weighted by Gasteiger charge is -2.30. The van der Waals surface area contributed by atoms with Crippen molar-refractivity contribution in [2.75, 3.05) is 0 Å². The van der Waals surface area contributed by atoms with Gasteiger partial charge < -0.3 is 0 Å². The summed E-state index contributed by atoms with van der Waals surface area (Å²) in [6.45, 7) is 12.7. The van der Waals surface area contributed by atoms with Crippen molar-refractivity contribution in [1.29, 1.82) is 0 Å². The van der Waals surface area contributed by atoms with E-state index in [1.54, 1.807) is 6.92 Å². The smallest absolute Gasteiger partial charge is 0.139 e. The first-order valence-electron chi connectivity index (χ1n) is 6.38. The Kier molecular flexibility index (Phi) is 3.66. The van der Waals surface area contributed by atoms with Gasteiger partial charge in [-0.1, -0.05) is 32.9 Å². The van der Waals surface area contributed by atoms with Crippen molar-refractivity contribution in [1.82, 2.24) is 0 Å². The summed E-state index contributed by atoms with van der Waals surface area (Å²) in [6, 6.07) is 0. The summed E-state index contributed by atoms with van der Waals surface area (Å²) < 4.78 is 0. The van der Waals surface area contributed by atoms with Crippen molar-refractivity contribution in [3.8, 4) is 0 Å². The second-order valence-electron chi connectivity index (χ2n) is 6.54. The molecule has 0 aromatic rings. The zero-order chi connectivity index (χ0) is 12.6. The minimum Gasteiger partial charge on any atom is -0.299 e. The molecule has 92 valence electrons. The second-order valence-corrected chi connectivity index (χ2v) is 6.54. The van der Waals surface area contributed by atoms with Gasteiger partial charge in [-0.3, -0.25) is 4.79 Å². The second kappa shape index (κ2) is 4.35. The van der Waals surface area contributed by atoms with Crippen LogP contribution in [0.25, 0.3) is 0 Å². The highest BCUT2D eigenvalue weighted by Gasteiger charge is 2.39. The van der Waals surface area contributed by atoms with Crippen LogP contribution in [0, 0.1) is 22.7 Å². The van der Waals surface area contributed by atoms with Crippen molar-refractivity contribution in [3.05, 3.63) is 12.2 Å². The van der Waals surface area contributed by atoms with E-state index in [-0.39, 0.29) is 11.2 Å². The fourth-order valence-corrected chi connectivity index (χ4v) is 2.36. The molecule has 1 rings (SSSR count). The van der Waals surface area contributed by atoms with Gasteiger partial charge in [0.1, 0.15) is 5.78 Å². The third-order valence-electron chi connectivity index (χ3n) is 4.79. The number of allylic oxidation sites excluding steroid dienone is 2. The van der Waals surface area contributed by atoms with Crippen LogP contribution in [0.5, 0.6) is 0 Å². The molecule has 2 atom stereocenters. The molecule has 0 bridgehead atoms. The van der Waals surface area contributed by atoms with E-state index in [0.29, 0.717) is 11.3 Å². The maximum Gasteiger partial charge on any atom is 0.139 e. The summed E-state index contributed by atoms with van der Waals surface area (Å²) in [7, 11) is 0. The molecule has 0 N–H and O–H groups in total. The minimum absolute atomic E-state index is 0.243. The van der Waals surface area contributed by atoms with Crippen molar-refractivity contribution in [2.24, 2.45) is 22.7 Å². The number of carbonyl (C=O) groups excluding carboxylic acids is 1. The molecule has 0 spiro atoms. The highest BCUT2D eigenvalue weighted by Crippen LogP contribution is 2.48. The molecule has 0 heterocycles. The Morgan fingerprint density at radius 2 is 1.88 bits per heavy atom. The Morgan fingerprint density at radius 1 is 1.31 bits per heavy atom. The fraction of sp³-hybridized carbons (Fsp3) is 0.800. The monoisotopic (exact) mass is 222 g/mol. The van der Waals surface area contributed by atoms with Gasteiger partial charge in [-0.25, -0.2) is 0 Å². The molecule has 1 saturated carbocycles. The Labute approximate surface area is 100 Å². The normalized spacial score (nSPS) is 29.9. The van der Waals surface area contributed by atoms with Gasteiger partial charge in [-0.05, 0) is 50.9 Å². The van der Waals surface area contributed by atoms with Gasteiger partial charge in [-0.2, -0.15) is 0 Å². The van der Waals surface area contributed by atoms with Crippen LogP contribution < -0.4 is 0 Å². The average molecular weight is 222 g/mol. The quantitative estimate of drug-likeness (QED) is 0.653. The van der Waals surface area contributed by atoms with E-state index in [0.717, 1.165) is 5.92 Å². The molecule has 1 aliphatic rings. The minimum atomic E-state index is -0.304. The summed E-state index contributed by atoms with van der Waals surface area (Å²) in [5.74, 6) is 1.65. The van der Waals surface area contributed by atoms with E-state index in [1.165, 1.54) is 12.8 Å². The van der Waals surface area contributed by atoms with Crippen LogP contribution in [0.3, 0.4) is 0 Å². The van der Waals surface area contributed by atoms with E-state index in [4.69, 9.17) is 0 Å². The highest BCUT2D eigenvalue weighted by atomic mass is 16.1. The summed E-state index contributed by atoms with van der Waals surface area (Å²) in [4.78, 5) is 11.4. The van der Waals surface area contributed by atoms with Crippen LogP contribution in [-0.2, 0) is 4.79 Å². The van der Waals surface area contributed by atoms with E-state index in [9.17, 15) is 4.79 Å². The number of rotatable bonds is 3. The van der Waals surface area contributed by atoms with Crippen LogP contribution in [0.2, 0.25) is 0 Å². The predicted octanol–water partition coefficient (Wildman–Crippen LogP) is 4.23. The van der Waals surface area contributed by atoms with Gasteiger partial charge in [0.25, 0.3) is 0 Å². The van der Waals surface area contributed by atoms with Gasteiger partial charge in [-0.15, -0.1) is 0 Å². The van der Waals surface area contributed by atoms with Crippen molar-refractivity contribution < 1.29 is 4.79 Å². The topological polar surface area (TPSA) is 17.1 Å². The van der Waals surface area contributed by atoms with E-state index in [2.05, 4.69) is 32.9 Å². The van der Waals surface area contributed by atoms with Crippen molar-refractivity contribution in [3.63, 3.8) is 0 Å². The number of ketones is 1. The van der Waals surface area contributed by atoms with Crippen LogP contribution >= 0.6 is 0 Å². The SMILES string of the molecule is CC(=O)C(C)(C)/C=C/C1CCC(C)C1(C)C. The Bertz CT molecular complexity index is 297. The predicted molar refractivity (Wildman–Crippen MR) is 69.3 cm³/mol. The Hall–Kier alpha value is -0.590.